The first-order valence-corrected chi connectivity index (χ1v) is 9.66. The van der Waals surface area contributed by atoms with Crippen molar-refractivity contribution in [1.82, 2.24) is 20.4 Å². The summed E-state index contributed by atoms with van der Waals surface area (Å²) in [6, 6.07) is 8.55. The van der Waals surface area contributed by atoms with Gasteiger partial charge in [0, 0.05) is 22.8 Å². The molecule has 0 aliphatic heterocycles. The van der Waals surface area contributed by atoms with Crippen molar-refractivity contribution in [3.05, 3.63) is 44.8 Å². The number of hydrogen-bond acceptors (Lipinski definition) is 5. The Morgan fingerprint density at radius 2 is 1.33 bits per heavy atom. The lowest BCUT2D eigenvalue weighted by molar-refractivity contribution is 0.227. The van der Waals surface area contributed by atoms with Crippen LogP contribution >= 0.6 is 22.7 Å². The molecule has 0 fully saturated rings. The van der Waals surface area contributed by atoms with Crippen molar-refractivity contribution in [1.29, 1.82) is 0 Å². The molecule has 0 aliphatic rings. The van der Waals surface area contributed by atoms with Crippen molar-refractivity contribution in [2.45, 2.75) is 12.1 Å². The molecular weight excluding hydrogens is 340 g/mol. The Bertz CT molecular complexity index is 544. The van der Waals surface area contributed by atoms with Gasteiger partial charge < -0.3 is 20.4 Å². The molecule has 0 radical (unpaired) electrons. The van der Waals surface area contributed by atoms with E-state index in [4.69, 9.17) is 0 Å². The van der Waals surface area contributed by atoms with E-state index in [2.05, 4.69) is 43.3 Å². The summed E-state index contributed by atoms with van der Waals surface area (Å²) in [5.74, 6) is 0. The fourth-order valence-corrected chi connectivity index (χ4v) is 4.32. The topological polar surface area (TPSA) is 47.6 Å². The molecular formula is C17H26N4OS2. The van der Waals surface area contributed by atoms with Gasteiger partial charge in [0.05, 0.1) is 12.1 Å². The second-order valence-electron chi connectivity index (χ2n) is 6.08. The lowest BCUT2D eigenvalue weighted by Gasteiger charge is -2.25. The maximum atomic E-state index is 12.2. The van der Waals surface area contributed by atoms with Crippen molar-refractivity contribution in [2.24, 2.45) is 0 Å². The van der Waals surface area contributed by atoms with E-state index >= 15 is 0 Å². The van der Waals surface area contributed by atoms with Crippen molar-refractivity contribution in [3.63, 3.8) is 0 Å². The number of nitrogens with zero attached hydrogens (tertiary/aromatic N) is 2. The summed E-state index contributed by atoms with van der Waals surface area (Å²) < 4.78 is 0. The van der Waals surface area contributed by atoms with Crippen LogP contribution in [0.5, 0.6) is 0 Å². The van der Waals surface area contributed by atoms with Crippen LogP contribution < -0.4 is 10.6 Å². The Hall–Kier alpha value is -1.41. The van der Waals surface area contributed by atoms with Crippen LogP contribution in [0.3, 0.4) is 0 Å². The number of rotatable bonds is 8. The normalized spacial score (nSPS) is 13.9. The van der Waals surface area contributed by atoms with Gasteiger partial charge in [-0.05, 0) is 51.1 Å². The number of likely N-dealkylation sites (N-methyl/N-ethyl adjacent to an activating group) is 2. The molecule has 0 aromatic carbocycles. The highest BCUT2D eigenvalue weighted by Gasteiger charge is 2.18. The number of amides is 2. The molecule has 5 nitrogen and oxygen atoms in total. The molecule has 0 saturated heterocycles. The lowest BCUT2D eigenvalue weighted by atomic mass is 10.2. The Balaban J connectivity index is 1.84. The minimum absolute atomic E-state index is 0.123. The van der Waals surface area contributed by atoms with Crippen LogP contribution in [0.15, 0.2) is 35.0 Å². The average molecular weight is 367 g/mol. The van der Waals surface area contributed by atoms with Crippen molar-refractivity contribution in [2.75, 3.05) is 41.3 Å². The molecule has 2 heterocycles. The van der Waals surface area contributed by atoms with E-state index in [1.54, 1.807) is 22.7 Å². The molecule has 2 atom stereocenters. The summed E-state index contributed by atoms with van der Waals surface area (Å²) in [5, 5.41) is 10.1. The SMILES string of the molecule is CN(C)[C@H](CNC(=O)NC[C@H](c1cccs1)N(C)C)c1cccs1. The predicted molar refractivity (Wildman–Crippen MR) is 103 cm³/mol. The Kier molecular flexibility index (Phi) is 7.23. The molecule has 0 aliphatic carbocycles. The summed E-state index contributed by atoms with van der Waals surface area (Å²) in [6.45, 7) is 1.18. The Morgan fingerprint density at radius 1 is 0.917 bits per heavy atom. The number of carbonyl (C=O) groups excluding carboxylic acids is 1. The fourth-order valence-electron chi connectivity index (χ4n) is 2.48. The molecule has 0 saturated carbocycles. The van der Waals surface area contributed by atoms with Crippen molar-refractivity contribution < 1.29 is 4.79 Å². The van der Waals surface area contributed by atoms with Crippen LogP contribution in [-0.2, 0) is 0 Å². The first-order chi connectivity index (χ1) is 11.5. The van der Waals surface area contributed by atoms with Crippen molar-refractivity contribution >= 4 is 28.7 Å². The first kappa shape index (κ1) is 18.9. The van der Waals surface area contributed by atoms with Gasteiger partial charge in [0.15, 0.2) is 0 Å². The van der Waals surface area contributed by atoms with Gasteiger partial charge in [-0.25, -0.2) is 4.79 Å². The summed E-state index contributed by atoms with van der Waals surface area (Å²) in [7, 11) is 8.12. The molecule has 0 unspecified atom stereocenters. The monoisotopic (exact) mass is 366 g/mol. The lowest BCUT2D eigenvalue weighted by Crippen LogP contribution is -2.43. The van der Waals surface area contributed by atoms with Crippen LogP contribution in [0.2, 0.25) is 0 Å². The van der Waals surface area contributed by atoms with Crippen LogP contribution in [0.1, 0.15) is 21.8 Å². The van der Waals surface area contributed by atoms with Gasteiger partial charge in [0.25, 0.3) is 0 Å². The molecule has 0 spiro atoms. The molecule has 2 N–H and O–H groups in total. The van der Waals surface area contributed by atoms with E-state index in [0.29, 0.717) is 13.1 Å². The number of nitrogens with one attached hydrogen (secondary N) is 2. The number of carbonyl (C=O) groups is 1. The van der Waals surface area contributed by atoms with Crippen LogP contribution in [-0.4, -0.2) is 57.1 Å². The molecule has 2 aromatic rings. The number of thiophene rings is 2. The fraction of sp³-hybridized carbons (Fsp3) is 0.471. The molecule has 2 amide bonds. The molecule has 2 aromatic heterocycles. The standard InChI is InChI=1S/C17H26N4OS2/c1-20(2)13(15-7-5-9-23-15)11-18-17(22)19-12-14(21(3)4)16-8-6-10-24-16/h5-10,13-14H,11-12H2,1-4H3,(H2,18,19,22)/t13-,14-/m1/s1. The van der Waals surface area contributed by atoms with E-state index in [0.717, 1.165) is 0 Å². The number of hydrogen-bond donors (Lipinski definition) is 2. The zero-order chi connectivity index (χ0) is 17.5. The molecule has 7 heteroatoms. The minimum atomic E-state index is -0.123. The molecule has 132 valence electrons. The second kappa shape index (κ2) is 9.17. The minimum Gasteiger partial charge on any atom is -0.336 e. The summed E-state index contributed by atoms with van der Waals surface area (Å²) in [5.41, 5.74) is 0. The first-order valence-electron chi connectivity index (χ1n) is 7.90. The quantitative estimate of drug-likeness (QED) is 0.755. The van der Waals surface area contributed by atoms with E-state index in [1.165, 1.54) is 9.75 Å². The Morgan fingerprint density at radius 3 is 1.62 bits per heavy atom. The van der Waals surface area contributed by atoms with Gasteiger partial charge in [-0.1, -0.05) is 12.1 Å². The molecule has 0 bridgehead atoms. The van der Waals surface area contributed by atoms with Crippen LogP contribution in [0, 0.1) is 0 Å². The van der Waals surface area contributed by atoms with E-state index in [1.807, 2.05) is 40.3 Å². The van der Waals surface area contributed by atoms with Gasteiger partial charge in [-0.2, -0.15) is 0 Å². The second-order valence-corrected chi connectivity index (χ2v) is 8.04. The Labute approximate surface area is 152 Å². The highest BCUT2D eigenvalue weighted by Crippen LogP contribution is 2.23. The zero-order valence-electron chi connectivity index (χ0n) is 14.7. The highest BCUT2D eigenvalue weighted by molar-refractivity contribution is 7.10. The predicted octanol–water partition coefficient (Wildman–Crippen LogP) is 3.01. The van der Waals surface area contributed by atoms with Gasteiger partial charge in [0.2, 0.25) is 0 Å². The largest absolute Gasteiger partial charge is 0.336 e. The van der Waals surface area contributed by atoms with Crippen LogP contribution in [0.4, 0.5) is 4.79 Å². The zero-order valence-corrected chi connectivity index (χ0v) is 16.3. The van der Waals surface area contributed by atoms with Gasteiger partial charge in [0.1, 0.15) is 0 Å². The smallest absolute Gasteiger partial charge is 0.314 e. The summed E-state index contributed by atoms with van der Waals surface area (Å²) in [6.07, 6.45) is 0. The summed E-state index contributed by atoms with van der Waals surface area (Å²) >= 11 is 3.43. The molecule has 2 rings (SSSR count). The third-order valence-corrected chi connectivity index (χ3v) is 5.85. The third kappa shape index (κ3) is 5.31. The van der Waals surface area contributed by atoms with Crippen LogP contribution in [0.25, 0.3) is 0 Å². The summed E-state index contributed by atoms with van der Waals surface area (Å²) in [4.78, 5) is 18.9. The highest BCUT2D eigenvalue weighted by atomic mass is 32.1. The van der Waals surface area contributed by atoms with E-state index < -0.39 is 0 Å². The maximum Gasteiger partial charge on any atom is 0.314 e. The van der Waals surface area contributed by atoms with E-state index in [-0.39, 0.29) is 18.1 Å². The maximum absolute atomic E-state index is 12.2. The van der Waals surface area contributed by atoms with Gasteiger partial charge >= 0.3 is 6.03 Å². The number of urea groups is 1. The van der Waals surface area contributed by atoms with E-state index in [9.17, 15) is 4.79 Å². The van der Waals surface area contributed by atoms with Crippen molar-refractivity contribution in [3.8, 4) is 0 Å². The van der Waals surface area contributed by atoms with Gasteiger partial charge in [-0.15, -0.1) is 22.7 Å². The van der Waals surface area contributed by atoms with Gasteiger partial charge in [-0.3, -0.25) is 0 Å². The third-order valence-electron chi connectivity index (χ3n) is 3.90. The molecule has 24 heavy (non-hydrogen) atoms. The average Bonchev–Trinajstić information content (AvgIpc) is 3.20.